The minimum atomic E-state index is -0.325. The highest BCUT2D eigenvalue weighted by Crippen LogP contribution is 2.18. The van der Waals surface area contributed by atoms with Crippen LogP contribution >= 0.6 is 11.6 Å². The molecule has 3 aromatic rings. The number of H-pyrrole nitrogens is 1. The molecule has 0 aliphatic heterocycles. The van der Waals surface area contributed by atoms with Gasteiger partial charge in [-0.05, 0) is 31.2 Å². The highest BCUT2D eigenvalue weighted by molar-refractivity contribution is 6.31. The van der Waals surface area contributed by atoms with E-state index < -0.39 is 0 Å². The first-order chi connectivity index (χ1) is 11.5. The number of nitrogens with one attached hydrogen (secondary N) is 2. The molecule has 2 aromatic carbocycles. The van der Waals surface area contributed by atoms with Crippen LogP contribution in [-0.2, 0) is 6.54 Å². The van der Waals surface area contributed by atoms with E-state index in [9.17, 15) is 9.18 Å². The lowest BCUT2D eigenvalue weighted by molar-refractivity contribution is -0.924. The molecule has 124 valence electrons. The SMILES string of the molecule is C[C@@H](c1nc2ccccc2c(=O)[nH]1)[NH+](C)Cc1c(F)cccc1Cl. The Morgan fingerprint density at radius 1 is 1.25 bits per heavy atom. The monoisotopic (exact) mass is 346 g/mol. The normalized spacial score (nSPS) is 13.8. The van der Waals surface area contributed by atoms with Crippen molar-refractivity contribution in [3.05, 3.63) is 75.0 Å². The van der Waals surface area contributed by atoms with Crippen LogP contribution in [0.25, 0.3) is 10.9 Å². The molecule has 0 saturated heterocycles. The number of fused-ring (bicyclic) bond motifs is 1. The zero-order valence-electron chi connectivity index (χ0n) is 13.4. The average Bonchev–Trinajstić information content (AvgIpc) is 2.57. The van der Waals surface area contributed by atoms with Crippen molar-refractivity contribution in [1.29, 1.82) is 0 Å². The Bertz CT molecular complexity index is 921. The Kier molecular flexibility index (Phi) is 4.64. The van der Waals surface area contributed by atoms with Crippen molar-refractivity contribution in [3.8, 4) is 0 Å². The molecule has 2 atom stereocenters. The number of aromatic amines is 1. The summed E-state index contributed by atoms with van der Waals surface area (Å²) in [6, 6.07) is 11.7. The molecule has 1 unspecified atom stereocenters. The fourth-order valence-corrected chi connectivity index (χ4v) is 2.91. The van der Waals surface area contributed by atoms with Crippen LogP contribution in [-0.4, -0.2) is 17.0 Å². The van der Waals surface area contributed by atoms with E-state index in [1.807, 2.05) is 26.1 Å². The van der Waals surface area contributed by atoms with Gasteiger partial charge in [-0.1, -0.05) is 29.8 Å². The molecule has 0 fully saturated rings. The Balaban J connectivity index is 1.91. The molecule has 24 heavy (non-hydrogen) atoms. The number of halogens is 2. The molecule has 0 saturated carbocycles. The standard InChI is InChI=1S/C18H17ClFN3O/c1-11(23(2)10-13-14(19)7-5-8-15(13)20)17-21-16-9-4-3-6-12(16)18(24)22-17/h3-9,11H,10H2,1-2H3,(H,21,22,24)/p+1/t11-/m0/s1. The van der Waals surface area contributed by atoms with Gasteiger partial charge in [0.2, 0.25) is 0 Å². The zero-order chi connectivity index (χ0) is 17.3. The second-order valence-electron chi connectivity index (χ2n) is 5.91. The van der Waals surface area contributed by atoms with Crippen molar-refractivity contribution in [2.45, 2.75) is 19.5 Å². The highest BCUT2D eigenvalue weighted by Gasteiger charge is 2.21. The van der Waals surface area contributed by atoms with Crippen molar-refractivity contribution in [1.82, 2.24) is 9.97 Å². The summed E-state index contributed by atoms with van der Waals surface area (Å²) in [5.74, 6) is 0.248. The van der Waals surface area contributed by atoms with Gasteiger partial charge in [0.1, 0.15) is 18.4 Å². The molecule has 0 bridgehead atoms. The quantitative estimate of drug-likeness (QED) is 0.762. The second-order valence-corrected chi connectivity index (χ2v) is 6.32. The fourth-order valence-electron chi connectivity index (χ4n) is 2.68. The molecule has 1 heterocycles. The van der Waals surface area contributed by atoms with E-state index in [1.54, 1.807) is 24.3 Å². The molecule has 3 rings (SSSR count). The molecule has 1 aromatic heterocycles. The van der Waals surface area contributed by atoms with E-state index in [4.69, 9.17) is 11.6 Å². The van der Waals surface area contributed by atoms with Gasteiger partial charge in [-0.15, -0.1) is 0 Å². The molecule has 0 spiro atoms. The van der Waals surface area contributed by atoms with E-state index >= 15 is 0 Å². The smallest absolute Gasteiger partial charge is 0.258 e. The van der Waals surface area contributed by atoms with Gasteiger partial charge >= 0.3 is 0 Å². The fraction of sp³-hybridized carbons (Fsp3) is 0.222. The maximum Gasteiger partial charge on any atom is 0.258 e. The molecule has 0 aliphatic rings. The summed E-state index contributed by atoms with van der Waals surface area (Å²) in [6.07, 6.45) is 0. The molecule has 0 amide bonds. The predicted molar refractivity (Wildman–Crippen MR) is 92.8 cm³/mol. The first-order valence-corrected chi connectivity index (χ1v) is 8.09. The molecular weight excluding hydrogens is 329 g/mol. The van der Waals surface area contributed by atoms with Crippen molar-refractivity contribution >= 4 is 22.5 Å². The predicted octanol–water partition coefficient (Wildman–Crippen LogP) is 2.49. The summed E-state index contributed by atoms with van der Waals surface area (Å²) in [5.41, 5.74) is 0.950. The summed E-state index contributed by atoms with van der Waals surface area (Å²) in [7, 11) is 1.92. The van der Waals surface area contributed by atoms with Crippen LogP contribution in [0.3, 0.4) is 0 Å². The molecule has 0 aliphatic carbocycles. The second kappa shape index (κ2) is 6.71. The minimum absolute atomic E-state index is 0.127. The van der Waals surface area contributed by atoms with Crippen molar-refractivity contribution < 1.29 is 9.29 Å². The maximum atomic E-state index is 14.0. The van der Waals surface area contributed by atoms with E-state index in [-0.39, 0.29) is 17.4 Å². The van der Waals surface area contributed by atoms with Gasteiger partial charge in [0.15, 0.2) is 5.82 Å². The number of benzene rings is 2. The zero-order valence-corrected chi connectivity index (χ0v) is 14.2. The third kappa shape index (κ3) is 3.18. The Morgan fingerprint density at radius 2 is 2.00 bits per heavy atom. The van der Waals surface area contributed by atoms with Crippen LogP contribution in [0.1, 0.15) is 24.4 Å². The summed E-state index contributed by atoms with van der Waals surface area (Å²) in [4.78, 5) is 20.6. The molecule has 0 radical (unpaired) electrons. The number of aromatic nitrogens is 2. The Labute approximate surface area is 143 Å². The van der Waals surface area contributed by atoms with Gasteiger partial charge in [0.05, 0.1) is 28.5 Å². The molecule has 2 N–H and O–H groups in total. The highest BCUT2D eigenvalue weighted by atomic mass is 35.5. The number of hydrogen-bond donors (Lipinski definition) is 2. The third-order valence-corrected chi connectivity index (χ3v) is 4.65. The molecule has 4 nitrogen and oxygen atoms in total. The lowest BCUT2D eigenvalue weighted by atomic mass is 10.1. The Hall–Kier alpha value is -2.24. The minimum Gasteiger partial charge on any atom is -0.325 e. The van der Waals surface area contributed by atoms with Gasteiger partial charge in [-0.3, -0.25) is 4.79 Å². The topological polar surface area (TPSA) is 50.2 Å². The van der Waals surface area contributed by atoms with Gasteiger partial charge in [-0.25, -0.2) is 9.37 Å². The van der Waals surface area contributed by atoms with Crippen molar-refractivity contribution in [2.24, 2.45) is 0 Å². The lowest BCUT2D eigenvalue weighted by Crippen LogP contribution is -3.07. The van der Waals surface area contributed by atoms with Crippen LogP contribution in [0.2, 0.25) is 5.02 Å². The van der Waals surface area contributed by atoms with E-state index in [0.29, 0.717) is 33.9 Å². The number of quaternary nitrogens is 1. The van der Waals surface area contributed by atoms with E-state index in [1.165, 1.54) is 6.07 Å². The Morgan fingerprint density at radius 3 is 2.75 bits per heavy atom. The summed E-state index contributed by atoms with van der Waals surface area (Å²) in [6.45, 7) is 2.33. The lowest BCUT2D eigenvalue weighted by Gasteiger charge is -2.22. The molecule has 6 heteroatoms. The molecular formula is C18H18ClFN3O+. The maximum absolute atomic E-state index is 14.0. The number of hydrogen-bond acceptors (Lipinski definition) is 2. The van der Waals surface area contributed by atoms with E-state index in [0.717, 1.165) is 4.90 Å². The number of para-hydroxylation sites is 1. The van der Waals surface area contributed by atoms with E-state index in [2.05, 4.69) is 9.97 Å². The van der Waals surface area contributed by atoms with Crippen molar-refractivity contribution in [2.75, 3.05) is 7.05 Å². The number of nitrogens with zero attached hydrogens (tertiary/aromatic N) is 1. The average molecular weight is 347 g/mol. The van der Waals surface area contributed by atoms with Gasteiger partial charge in [-0.2, -0.15) is 0 Å². The van der Waals surface area contributed by atoms with Gasteiger partial charge in [0.25, 0.3) is 5.56 Å². The third-order valence-electron chi connectivity index (χ3n) is 4.30. The van der Waals surface area contributed by atoms with Crippen LogP contribution in [0.4, 0.5) is 4.39 Å². The van der Waals surface area contributed by atoms with Crippen LogP contribution < -0.4 is 10.5 Å². The van der Waals surface area contributed by atoms with Gasteiger partial charge in [0, 0.05) is 0 Å². The summed E-state index contributed by atoms with van der Waals surface area (Å²) >= 11 is 6.10. The van der Waals surface area contributed by atoms with Crippen LogP contribution in [0.5, 0.6) is 0 Å². The summed E-state index contributed by atoms with van der Waals surface area (Å²) < 4.78 is 14.0. The van der Waals surface area contributed by atoms with Crippen LogP contribution in [0, 0.1) is 5.82 Å². The van der Waals surface area contributed by atoms with Crippen LogP contribution in [0.15, 0.2) is 47.3 Å². The first kappa shape index (κ1) is 16.6. The van der Waals surface area contributed by atoms with Crippen molar-refractivity contribution in [3.63, 3.8) is 0 Å². The summed E-state index contributed by atoms with van der Waals surface area (Å²) in [5, 5.41) is 0.963. The first-order valence-electron chi connectivity index (χ1n) is 7.71. The largest absolute Gasteiger partial charge is 0.325 e. The number of rotatable bonds is 4. The van der Waals surface area contributed by atoms with Gasteiger partial charge < -0.3 is 9.88 Å².